The summed E-state index contributed by atoms with van der Waals surface area (Å²) < 4.78 is 15.3. The van der Waals surface area contributed by atoms with Crippen molar-refractivity contribution in [2.75, 3.05) is 0 Å². The number of furan rings is 2. The molecule has 4 heterocycles. The van der Waals surface area contributed by atoms with E-state index in [0.717, 1.165) is 77.4 Å². The first-order valence-electron chi connectivity index (χ1n) is 19.0. The van der Waals surface area contributed by atoms with Crippen LogP contribution >= 0.6 is 0 Å². The predicted octanol–water partition coefficient (Wildman–Crippen LogP) is 13.4. The molecule has 6 nitrogen and oxygen atoms in total. The molecule has 0 saturated carbocycles. The number of aromatic nitrogens is 4. The number of benzene rings is 8. The first kappa shape index (κ1) is 31.5. The van der Waals surface area contributed by atoms with Crippen LogP contribution in [0.5, 0.6) is 0 Å². The van der Waals surface area contributed by atoms with Crippen molar-refractivity contribution in [2.45, 2.75) is 0 Å². The number of para-hydroxylation sites is 4. The molecule has 0 aliphatic rings. The molecule has 4 aromatic heterocycles. The minimum atomic E-state index is 0.539. The fourth-order valence-corrected chi connectivity index (χ4v) is 8.46. The highest BCUT2D eigenvalue weighted by atomic mass is 16.3. The van der Waals surface area contributed by atoms with Gasteiger partial charge in [-0.05, 0) is 71.8 Å². The van der Waals surface area contributed by atoms with Crippen molar-refractivity contribution in [2.24, 2.45) is 0 Å². The van der Waals surface area contributed by atoms with Crippen LogP contribution in [0.3, 0.4) is 0 Å². The minimum Gasteiger partial charge on any atom is -0.456 e. The van der Waals surface area contributed by atoms with Crippen molar-refractivity contribution < 1.29 is 8.83 Å². The van der Waals surface area contributed by atoms with Gasteiger partial charge in [-0.3, -0.25) is 0 Å². The lowest BCUT2D eigenvalue weighted by Crippen LogP contribution is -2.00. The molecule has 0 aliphatic carbocycles. The topological polar surface area (TPSA) is 69.9 Å². The van der Waals surface area contributed by atoms with Crippen molar-refractivity contribution >= 4 is 65.7 Å². The van der Waals surface area contributed by atoms with Crippen molar-refractivity contribution in [3.8, 4) is 51.0 Å². The summed E-state index contributed by atoms with van der Waals surface area (Å²) in [5.41, 5.74) is 11.4. The molecule has 0 spiro atoms. The molecule has 12 rings (SSSR count). The quantitative estimate of drug-likeness (QED) is 0.176. The average Bonchev–Trinajstić information content (AvgIpc) is 3.96. The highest BCUT2D eigenvalue weighted by Crippen LogP contribution is 2.41. The molecule has 8 aromatic carbocycles. The van der Waals surface area contributed by atoms with Crippen molar-refractivity contribution in [3.05, 3.63) is 182 Å². The van der Waals surface area contributed by atoms with Crippen LogP contribution in [0, 0.1) is 0 Å². The summed E-state index contributed by atoms with van der Waals surface area (Å²) in [7, 11) is 0. The average molecular weight is 731 g/mol. The maximum atomic E-state index is 6.52. The van der Waals surface area contributed by atoms with Gasteiger partial charge in [-0.1, -0.05) is 121 Å². The van der Waals surface area contributed by atoms with Gasteiger partial charge in [0.25, 0.3) is 0 Å². The van der Waals surface area contributed by atoms with Gasteiger partial charge in [0.15, 0.2) is 17.5 Å². The Morgan fingerprint density at radius 2 is 0.947 bits per heavy atom. The standard InChI is InChI=1S/C51H30N4O2/c1-3-13-31(14-4-1)49-52-50(54-51(53-49)39-21-11-19-37-36-18-8-10-23-44(36)57-48(37)39)38-20-12-24-46-47(38)41-30-33(26-28-45(41)56-46)32-25-27-43-40(29-32)35-17-7-9-22-42(35)55(43)34-15-5-2-6-16-34/h1-30H. The van der Waals surface area contributed by atoms with E-state index in [1.165, 1.54) is 21.8 Å². The van der Waals surface area contributed by atoms with Crippen LogP contribution in [-0.4, -0.2) is 19.5 Å². The van der Waals surface area contributed by atoms with Crippen LogP contribution in [0.1, 0.15) is 0 Å². The molecule has 0 bridgehead atoms. The lowest BCUT2D eigenvalue weighted by Gasteiger charge is -2.10. The lowest BCUT2D eigenvalue weighted by molar-refractivity contribution is 0.668. The summed E-state index contributed by atoms with van der Waals surface area (Å²) in [6.45, 7) is 0. The molecule has 266 valence electrons. The zero-order valence-corrected chi connectivity index (χ0v) is 30.4. The Labute approximate surface area is 325 Å². The van der Waals surface area contributed by atoms with Gasteiger partial charge in [-0.2, -0.15) is 0 Å². The minimum absolute atomic E-state index is 0.539. The van der Waals surface area contributed by atoms with E-state index in [9.17, 15) is 0 Å². The van der Waals surface area contributed by atoms with Gasteiger partial charge < -0.3 is 13.4 Å². The van der Waals surface area contributed by atoms with Crippen LogP contribution in [-0.2, 0) is 0 Å². The van der Waals surface area contributed by atoms with Crippen LogP contribution in [0.4, 0.5) is 0 Å². The van der Waals surface area contributed by atoms with Crippen LogP contribution in [0.25, 0.3) is 117 Å². The smallest absolute Gasteiger partial charge is 0.167 e. The number of hydrogen-bond acceptors (Lipinski definition) is 5. The third-order valence-corrected chi connectivity index (χ3v) is 11.1. The fraction of sp³-hybridized carbons (Fsp3) is 0. The SMILES string of the molecule is c1ccc(-c2nc(-c3cccc4c3oc3ccccc34)nc(-c3cccc4oc5ccc(-c6ccc7c(c6)c6ccccc6n7-c6ccccc6)cc5c34)n2)cc1. The normalized spacial score (nSPS) is 11.9. The molecule has 0 radical (unpaired) electrons. The van der Waals surface area contributed by atoms with Gasteiger partial charge >= 0.3 is 0 Å². The van der Waals surface area contributed by atoms with Crippen LogP contribution in [0.15, 0.2) is 191 Å². The monoisotopic (exact) mass is 730 g/mol. The van der Waals surface area contributed by atoms with Crippen molar-refractivity contribution in [1.29, 1.82) is 0 Å². The van der Waals surface area contributed by atoms with E-state index in [0.29, 0.717) is 17.5 Å². The van der Waals surface area contributed by atoms with Gasteiger partial charge in [0.1, 0.15) is 22.3 Å². The Morgan fingerprint density at radius 3 is 1.81 bits per heavy atom. The zero-order valence-electron chi connectivity index (χ0n) is 30.4. The largest absolute Gasteiger partial charge is 0.456 e. The molecule has 0 amide bonds. The molecule has 12 aromatic rings. The summed E-state index contributed by atoms with van der Waals surface area (Å²) in [6.07, 6.45) is 0. The Balaban J connectivity index is 1.05. The van der Waals surface area contributed by atoms with Crippen LogP contribution in [0.2, 0.25) is 0 Å². The number of nitrogens with zero attached hydrogens (tertiary/aromatic N) is 4. The number of fused-ring (bicyclic) bond motifs is 9. The maximum Gasteiger partial charge on any atom is 0.167 e. The van der Waals surface area contributed by atoms with E-state index in [4.69, 9.17) is 23.8 Å². The van der Waals surface area contributed by atoms with Gasteiger partial charge in [0, 0.05) is 49.1 Å². The van der Waals surface area contributed by atoms with E-state index < -0.39 is 0 Å². The lowest BCUT2D eigenvalue weighted by atomic mass is 9.99. The molecular weight excluding hydrogens is 701 g/mol. The second kappa shape index (κ2) is 12.3. The molecule has 0 fully saturated rings. The van der Waals surface area contributed by atoms with Gasteiger partial charge in [0.05, 0.1) is 16.6 Å². The van der Waals surface area contributed by atoms with Gasteiger partial charge in [0.2, 0.25) is 0 Å². The zero-order chi connectivity index (χ0) is 37.5. The second-order valence-electron chi connectivity index (χ2n) is 14.4. The summed E-state index contributed by atoms with van der Waals surface area (Å²) in [5.74, 6) is 1.68. The Bertz CT molecular complexity index is 3530. The van der Waals surface area contributed by atoms with E-state index in [1.807, 2.05) is 72.8 Å². The summed E-state index contributed by atoms with van der Waals surface area (Å²) in [5, 5.41) is 6.44. The van der Waals surface area contributed by atoms with E-state index in [2.05, 4.69) is 114 Å². The Hall–Kier alpha value is -7.83. The third kappa shape index (κ3) is 4.94. The summed E-state index contributed by atoms with van der Waals surface area (Å²) >= 11 is 0. The fourth-order valence-electron chi connectivity index (χ4n) is 8.46. The van der Waals surface area contributed by atoms with Crippen molar-refractivity contribution in [3.63, 3.8) is 0 Å². The molecule has 57 heavy (non-hydrogen) atoms. The number of rotatable bonds is 5. The van der Waals surface area contributed by atoms with E-state index in [1.54, 1.807) is 0 Å². The van der Waals surface area contributed by atoms with Gasteiger partial charge in [-0.25, -0.2) is 15.0 Å². The molecule has 0 unspecified atom stereocenters. The summed E-state index contributed by atoms with van der Waals surface area (Å²) in [6, 6.07) is 62.8. The van der Waals surface area contributed by atoms with E-state index >= 15 is 0 Å². The third-order valence-electron chi connectivity index (χ3n) is 11.1. The summed E-state index contributed by atoms with van der Waals surface area (Å²) in [4.78, 5) is 15.4. The predicted molar refractivity (Wildman–Crippen MR) is 230 cm³/mol. The molecule has 0 atom stereocenters. The van der Waals surface area contributed by atoms with E-state index in [-0.39, 0.29) is 0 Å². The van der Waals surface area contributed by atoms with Crippen LogP contribution < -0.4 is 0 Å². The molecular formula is C51H30N4O2. The van der Waals surface area contributed by atoms with Crippen molar-refractivity contribution in [1.82, 2.24) is 19.5 Å². The Kier molecular flexibility index (Phi) is 6.83. The highest BCUT2D eigenvalue weighted by molar-refractivity contribution is 6.14. The molecule has 6 heteroatoms. The Morgan fingerprint density at radius 1 is 0.351 bits per heavy atom. The molecule has 0 N–H and O–H groups in total. The maximum absolute atomic E-state index is 6.52. The first-order valence-corrected chi connectivity index (χ1v) is 19.0. The first-order chi connectivity index (χ1) is 28.2. The molecule has 0 saturated heterocycles. The molecule has 0 aliphatic heterocycles. The highest BCUT2D eigenvalue weighted by Gasteiger charge is 2.21. The number of hydrogen-bond donors (Lipinski definition) is 0. The second-order valence-corrected chi connectivity index (χ2v) is 14.4. The van der Waals surface area contributed by atoms with Gasteiger partial charge in [-0.15, -0.1) is 0 Å².